The van der Waals surface area contributed by atoms with Crippen molar-refractivity contribution in [3.8, 4) is 11.5 Å². The number of morpholine rings is 2. The third kappa shape index (κ3) is 7.73. The molecule has 0 bridgehead atoms. The number of ether oxygens (including phenoxy) is 4. The summed E-state index contributed by atoms with van der Waals surface area (Å²) in [5.74, 6) is -1.05. The van der Waals surface area contributed by atoms with Crippen LogP contribution in [0.1, 0.15) is 35.1 Å². The third-order valence-corrected chi connectivity index (χ3v) is 8.12. The number of hydrogen-bond donors (Lipinski definition) is 0. The minimum atomic E-state index is -0.734. The molecule has 2 fully saturated rings. The van der Waals surface area contributed by atoms with Crippen LogP contribution in [0.25, 0.3) is 0 Å². The molecule has 0 N–H and O–H groups in total. The molecule has 2 aromatic carbocycles. The summed E-state index contributed by atoms with van der Waals surface area (Å²) < 4.78 is 51.2. The second-order valence-electron chi connectivity index (χ2n) is 11.3. The van der Waals surface area contributed by atoms with Gasteiger partial charge in [-0.2, -0.15) is 0 Å². The summed E-state index contributed by atoms with van der Waals surface area (Å²) in [6, 6.07) is 5.92. The molecule has 2 aromatic rings. The predicted molar refractivity (Wildman–Crippen MR) is 152 cm³/mol. The van der Waals surface area contributed by atoms with E-state index in [1.165, 1.54) is 22.3 Å². The molecule has 0 amide bonds. The topological polar surface area (TPSA) is 96.0 Å². The van der Waals surface area contributed by atoms with Gasteiger partial charge in [0.2, 0.25) is 0 Å². The van der Waals surface area contributed by atoms with Crippen molar-refractivity contribution in [2.75, 3.05) is 52.6 Å². The average Bonchev–Trinajstić information content (AvgIpc) is 3.68. The molecule has 2 aliphatic heterocycles. The molecule has 44 heavy (non-hydrogen) atoms. The van der Waals surface area contributed by atoms with Gasteiger partial charge in [-0.15, -0.1) is 10.1 Å². The van der Waals surface area contributed by atoms with Crippen molar-refractivity contribution in [3.63, 3.8) is 0 Å². The number of nitrogens with zero attached hydrogens (tertiary/aromatic N) is 2. The minimum absolute atomic E-state index is 0.183. The Morgan fingerprint density at radius 1 is 0.727 bits per heavy atom. The highest BCUT2D eigenvalue weighted by Gasteiger charge is 2.27. The van der Waals surface area contributed by atoms with Gasteiger partial charge in [0.1, 0.15) is 48.6 Å². The van der Waals surface area contributed by atoms with Crippen LogP contribution in [0.5, 0.6) is 11.5 Å². The van der Waals surface area contributed by atoms with E-state index >= 15 is 0 Å². The summed E-state index contributed by atoms with van der Waals surface area (Å²) in [4.78, 5) is 35.5. The van der Waals surface area contributed by atoms with Crippen LogP contribution in [0.3, 0.4) is 0 Å². The summed E-state index contributed by atoms with van der Waals surface area (Å²) in [6.45, 7) is 2.23. The molecule has 2 saturated heterocycles. The normalized spacial score (nSPS) is 22.0. The molecule has 0 radical (unpaired) electrons. The fourth-order valence-corrected chi connectivity index (χ4v) is 6.08. The Morgan fingerprint density at radius 2 is 1.18 bits per heavy atom. The summed E-state index contributed by atoms with van der Waals surface area (Å²) >= 11 is 0. The Labute approximate surface area is 254 Å². The molecular weight excluding hydrogens is 578 g/mol. The zero-order chi connectivity index (χ0) is 30.5. The molecule has 2 heterocycles. The summed E-state index contributed by atoms with van der Waals surface area (Å²) in [6.07, 6.45) is 6.58. The van der Waals surface area contributed by atoms with Gasteiger partial charge in [-0.1, -0.05) is 0 Å². The lowest BCUT2D eigenvalue weighted by molar-refractivity contribution is -0.214. The SMILES string of the molecule is O=C(/C=C/C(=O)ON1CCOC(COc2cc(F)cc3c2CCC3)C1)ON1CCOC(COc2cc(F)cc3c2CCC3)C1. The lowest BCUT2D eigenvalue weighted by Crippen LogP contribution is -2.45. The minimum Gasteiger partial charge on any atom is -0.490 e. The highest BCUT2D eigenvalue weighted by molar-refractivity contribution is 5.91. The first-order chi connectivity index (χ1) is 21.4. The van der Waals surface area contributed by atoms with Crippen molar-refractivity contribution in [2.45, 2.75) is 50.7 Å². The zero-order valence-electron chi connectivity index (χ0n) is 24.4. The fourth-order valence-electron chi connectivity index (χ4n) is 6.08. The van der Waals surface area contributed by atoms with Crippen molar-refractivity contribution in [2.24, 2.45) is 0 Å². The molecule has 4 aliphatic rings. The standard InChI is InChI=1S/C32H36F2N2O8/c33-23-13-21-3-1-5-27(21)29(15-23)41-19-25-17-35(9-11-39-25)43-31(37)7-8-32(38)44-36-10-12-40-26(18-36)20-42-30-16-24(34)14-22-4-2-6-28(22)30/h7-8,13-16,25-26H,1-6,9-12,17-20H2/b8-7+. The Hall–Kier alpha value is -3.58. The van der Waals surface area contributed by atoms with Crippen LogP contribution in [0.2, 0.25) is 0 Å². The van der Waals surface area contributed by atoms with E-state index < -0.39 is 11.9 Å². The molecule has 236 valence electrons. The van der Waals surface area contributed by atoms with Crippen LogP contribution >= 0.6 is 0 Å². The van der Waals surface area contributed by atoms with E-state index in [1.54, 1.807) is 12.1 Å². The summed E-state index contributed by atoms with van der Waals surface area (Å²) in [7, 11) is 0. The second kappa shape index (κ2) is 14.0. The van der Waals surface area contributed by atoms with Gasteiger partial charge >= 0.3 is 11.9 Å². The number of halogens is 2. The Morgan fingerprint density at radius 3 is 1.64 bits per heavy atom. The van der Waals surface area contributed by atoms with E-state index in [4.69, 9.17) is 28.6 Å². The Kier molecular flexibility index (Phi) is 9.70. The van der Waals surface area contributed by atoms with Gasteiger partial charge in [0.05, 0.1) is 39.4 Å². The molecule has 2 atom stereocenters. The summed E-state index contributed by atoms with van der Waals surface area (Å²) in [5.41, 5.74) is 4.04. The van der Waals surface area contributed by atoms with Crippen molar-refractivity contribution >= 4 is 11.9 Å². The molecule has 0 aromatic heterocycles. The molecule has 10 nitrogen and oxygen atoms in total. The number of carbonyl (C=O) groups excluding carboxylic acids is 2. The maximum Gasteiger partial charge on any atom is 0.349 e. The van der Waals surface area contributed by atoms with Crippen LogP contribution in [-0.2, 0) is 54.4 Å². The maximum absolute atomic E-state index is 14.0. The van der Waals surface area contributed by atoms with E-state index in [0.717, 1.165) is 72.9 Å². The van der Waals surface area contributed by atoms with Crippen molar-refractivity contribution in [3.05, 3.63) is 70.3 Å². The van der Waals surface area contributed by atoms with E-state index in [-0.39, 0.29) is 50.1 Å². The van der Waals surface area contributed by atoms with Crippen LogP contribution in [-0.4, -0.2) is 86.9 Å². The van der Waals surface area contributed by atoms with E-state index in [2.05, 4.69) is 0 Å². The zero-order valence-corrected chi connectivity index (χ0v) is 24.4. The first-order valence-electron chi connectivity index (χ1n) is 15.1. The van der Waals surface area contributed by atoms with Gasteiger partial charge in [-0.3, -0.25) is 0 Å². The van der Waals surface area contributed by atoms with Crippen LogP contribution in [0.15, 0.2) is 36.4 Å². The average molecular weight is 615 g/mol. The quantitative estimate of drug-likeness (QED) is 0.371. The molecule has 2 aliphatic carbocycles. The fraction of sp³-hybridized carbons (Fsp3) is 0.500. The second-order valence-corrected chi connectivity index (χ2v) is 11.3. The molecular formula is C32H36F2N2O8. The molecule has 6 rings (SSSR count). The predicted octanol–water partition coefficient (Wildman–Crippen LogP) is 3.27. The number of rotatable bonds is 10. The molecule has 0 spiro atoms. The lowest BCUT2D eigenvalue weighted by atomic mass is 10.1. The number of benzene rings is 2. The smallest absolute Gasteiger partial charge is 0.349 e. The van der Waals surface area contributed by atoms with Crippen LogP contribution in [0, 0.1) is 11.6 Å². The monoisotopic (exact) mass is 614 g/mol. The lowest BCUT2D eigenvalue weighted by Gasteiger charge is -2.31. The first kappa shape index (κ1) is 30.4. The van der Waals surface area contributed by atoms with E-state index in [1.807, 2.05) is 0 Å². The van der Waals surface area contributed by atoms with Gasteiger partial charge in [0.15, 0.2) is 0 Å². The maximum atomic E-state index is 14.0. The van der Waals surface area contributed by atoms with Gasteiger partial charge in [0.25, 0.3) is 0 Å². The summed E-state index contributed by atoms with van der Waals surface area (Å²) in [5, 5.41) is 2.90. The first-order valence-corrected chi connectivity index (χ1v) is 15.1. The number of carbonyl (C=O) groups is 2. The van der Waals surface area contributed by atoms with Gasteiger partial charge in [-0.05, 0) is 72.9 Å². The third-order valence-electron chi connectivity index (χ3n) is 8.12. The van der Waals surface area contributed by atoms with Gasteiger partial charge in [0, 0.05) is 24.3 Å². The number of fused-ring (bicyclic) bond motifs is 2. The van der Waals surface area contributed by atoms with E-state index in [0.29, 0.717) is 37.8 Å². The highest BCUT2D eigenvalue weighted by Crippen LogP contribution is 2.33. The van der Waals surface area contributed by atoms with Crippen molar-refractivity contribution in [1.29, 1.82) is 0 Å². The van der Waals surface area contributed by atoms with E-state index in [9.17, 15) is 18.4 Å². The Bertz CT molecular complexity index is 1300. The van der Waals surface area contributed by atoms with Crippen molar-refractivity contribution < 1.29 is 47.0 Å². The Balaban J connectivity index is 0.920. The highest BCUT2D eigenvalue weighted by atomic mass is 19.1. The van der Waals surface area contributed by atoms with Crippen molar-refractivity contribution in [1.82, 2.24) is 10.1 Å². The number of aryl methyl sites for hydroxylation is 2. The van der Waals surface area contributed by atoms with Gasteiger partial charge < -0.3 is 28.6 Å². The molecule has 2 unspecified atom stereocenters. The molecule has 12 heteroatoms. The van der Waals surface area contributed by atoms with Crippen LogP contribution in [0.4, 0.5) is 8.78 Å². The molecule has 0 saturated carbocycles. The number of hydroxylamine groups is 4. The largest absolute Gasteiger partial charge is 0.490 e. The van der Waals surface area contributed by atoms with Crippen LogP contribution < -0.4 is 9.47 Å². The number of hydrogen-bond acceptors (Lipinski definition) is 10. The van der Waals surface area contributed by atoms with Gasteiger partial charge in [-0.25, -0.2) is 18.4 Å².